The summed E-state index contributed by atoms with van der Waals surface area (Å²) in [6, 6.07) is 5.94. The van der Waals surface area contributed by atoms with Gasteiger partial charge in [-0.2, -0.15) is 0 Å². The van der Waals surface area contributed by atoms with E-state index in [1.54, 1.807) is 45.0 Å². The van der Waals surface area contributed by atoms with Gasteiger partial charge in [0.05, 0.1) is 18.0 Å². The van der Waals surface area contributed by atoms with Crippen LogP contribution in [0.1, 0.15) is 43.6 Å². The van der Waals surface area contributed by atoms with Gasteiger partial charge in [-0.25, -0.2) is 12.7 Å². The van der Waals surface area contributed by atoms with E-state index in [9.17, 15) is 18.0 Å². The van der Waals surface area contributed by atoms with E-state index in [0.717, 1.165) is 9.87 Å². The Morgan fingerprint density at radius 1 is 1.29 bits per heavy atom. The molecule has 2 amide bonds. The molecule has 0 saturated carbocycles. The Morgan fingerprint density at radius 2 is 1.83 bits per heavy atom. The first-order valence-electron chi connectivity index (χ1n) is 7.65. The van der Waals surface area contributed by atoms with Gasteiger partial charge in [0, 0.05) is 0 Å². The van der Waals surface area contributed by atoms with Gasteiger partial charge in [0.2, 0.25) is 21.8 Å². The summed E-state index contributed by atoms with van der Waals surface area (Å²) in [4.78, 5) is 23.2. The largest absolute Gasteiger partial charge is 0.368 e. The van der Waals surface area contributed by atoms with Crippen molar-refractivity contribution in [2.75, 3.05) is 0 Å². The monoisotopic (exact) mass is 353 g/mol. The van der Waals surface area contributed by atoms with Crippen molar-refractivity contribution < 1.29 is 18.0 Å². The van der Waals surface area contributed by atoms with E-state index in [2.05, 4.69) is 0 Å². The fourth-order valence-electron chi connectivity index (χ4n) is 2.88. The molecule has 8 heteroatoms. The zero-order chi connectivity index (χ0) is 18.3. The zero-order valence-corrected chi connectivity index (χ0v) is 14.8. The number of benzene rings is 1. The summed E-state index contributed by atoms with van der Waals surface area (Å²) in [6.45, 7) is 5.08. The number of nitrogens with zero attached hydrogens (tertiary/aromatic N) is 1. The van der Waals surface area contributed by atoms with Gasteiger partial charge in [0.15, 0.2) is 0 Å². The fraction of sp³-hybridized carbons (Fsp3) is 0.500. The third-order valence-corrected chi connectivity index (χ3v) is 6.40. The van der Waals surface area contributed by atoms with Crippen molar-refractivity contribution in [1.29, 1.82) is 0 Å². The average molecular weight is 353 g/mol. The maximum absolute atomic E-state index is 12.7. The number of primary amides is 1. The van der Waals surface area contributed by atoms with Crippen LogP contribution in [0, 0.1) is 0 Å². The first kappa shape index (κ1) is 18.4. The van der Waals surface area contributed by atoms with E-state index in [-0.39, 0.29) is 12.8 Å². The topological polar surface area (TPSA) is 124 Å². The summed E-state index contributed by atoms with van der Waals surface area (Å²) in [5.41, 5.74) is 11.3. The molecule has 0 radical (unpaired) electrons. The van der Waals surface area contributed by atoms with Crippen molar-refractivity contribution in [1.82, 2.24) is 4.31 Å². The highest BCUT2D eigenvalue weighted by molar-refractivity contribution is 7.90. The predicted molar refractivity (Wildman–Crippen MR) is 90.2 cm³/mol. The number of hydrogen-bond donors (Lipinski definition) is 2. The lowest BCUT2D eigenvalue weighted by atomic mass is 10.0. The normalized spacial score (nSPS) is 21.8. The van der Waals surface area contributed by atoms with E-state index in [1.807, 2.05) is 0 Å². The number of amides is 2. The van der Waals surface area contributed by atoms with Crippen LogP contribution in [0.25, 0.3) is 0 Å². The Bertz CT molecular complexity index is 751. The van der Waals surface area contributed by atoms with Crippen LogP contribution < -0.4 is 11.5 Å². The number of carbonyl (C=O) groups is 2. The Morgan fingerprint density at radius 3 is 2.25 bits per heavy atom. The summed E-state index contributed by atoms with van der Waals surface area (Å²) < 4.78 is 26.4. The second-order valence-electron chi connectivity index (χ2n) is 7.02. The molecule has 132 valence electrons. The third-order valence-electron chi connectivity index (χ3n) is 3.98. The summed E-state index contributed by atoms with van der Waals surface area (Å²) in [5.74, 6) is -0.990. The lowest BCUT2D eigenvalue weighted by molar-refractivity contribution is -0.128. The van der Waals surface area contributed by atoms with E-state index in [0.29, 0.717) is 5.56 Å². The first-order chi connectivity index (χ1) is 10.9. The highest BCUT2D eigenvalue weighted by Crippen LogP contribution is 2.40. The minimum atomic E-state index is -3.75. The minimum Gasteiger partial charge on any atom is -0.368 e. The third kappa shape index (κ3) is 3.44. The van der Waals surface area contributed by atoms with Crippen LogP contribution in [-0.4, -0.2) is 36.1 Å². The van der Waals surface area contributed by atoms with Gasteiger partial charge in [-0.15, -0.1) is 0 Å². The van der Waals surface area contributed by atoms with E-state index in [4.69, 9.17) is 11.5 Å². The SMILES string of the molecule is CC(C)(C)N1C(=O)CC(c2ccc(C[C@H](N)C(N)=O)cc2)S1(=O)=O. The summed E-state index contributed by atoms with van der Waals surface area (Å²) in [7, 11) is -3.75. The molecule has 0 spiro atoms. The van der Waals surface area contributed by atoms with Gasteiger partial charge in [-0.1, -0.05) is 24.3 Å². The molecule has 0 aliphatic carbocycles. The van der Waals surface area contributed by atoms with Crippen LogP contribution in [0.15, 0.2) is 24.3 Å². The molecule has 1 fully saturated rings. The number of hydrogen-bond acceptors (Lipinski definition) is 5. The quantitative estimate of drug-likeness (QED) is 0.813. The second kappa shape index (κ2) is 6.18. The van der Waals surface area contributed by atoms with Crippen molar-refractivity contribution in [2.45, 2.75) is 50.4 Å². The molecule has 7 nitrogen and oxygen atoms in total. The first-order valence-corrected chi connectivity index (χ1v) is 9.15. The molecule has 4 N–H and O–H groups in total. The van der Waals surface area contributed by atoms with Gasteiger partial charge >= 0.3 is 0 Å². The van der Waals surface area contributed by atoms with E-state index in [1.165, 1.54) is 0 Å². The molecule has 24 heavy (non-hydrogen) atoms. The summed E-state index contributed by atoms with van der Waals surface area (Å²) in [6.07, 6.45) is 0.208. The number of rotatable bonds is 4. The molecule has 1 aliphatic heterocycles. The molecule has 0 aromatic heterocycles. The standard InChI is InChI=1S/C16H23N3O4S/c1-16(2,3)19-14(20)9-13(24(19,22)23)11-6-4-10(5-7-11)8-12(17)15(18)21/h4-7,12-13H,8-9,17H2,1-3H3,(H2,18,21)/t12-,13?/m0/s1. The van der Waals surface area contributed by atoms with Crippen molar-refractivity contribution in [3.05, 3.63) is 35.4 Å². The molecule has 2 rings (SSSR count). The highest BCUT2D eigenvalue weighted by Gasteiger charge is 2.49. The number of nitrogens with two attached hydrogens (primary N) is 2. The summed E-state index contributed by atoms with van der Waals surface area (Å²) in [5, 5.41) is -0.886. The maximum Gasteiger partial charge on any atom is 0.245 e. The van der Waals surface area contributed by atoms with Crippen LogP contribution in [0.2, 0.25) is 0 Å². The molecule has 1 aromatic rings. The Labute approximate surface area is 142 Å². The van der Waals surface area contributed by atoms with Crippen LogP contribution in [0.5, 0.6) is 0 Å². The molecule has 1 unspecified atom stereocenters. The Balaban J connectivity index is 2.27. The fourth-order valence-corrected chi connectivity index (χ4v) is 5.12. The Kier molecular flexibility index (Phi) is 4.74. The molecule has 1 heterocycles. The lowest BCUT2D eigenvalue weighted by Crippen LogP contribution is -2.45. The van der Waals surface area contributed by atoms with Crippen LogP contribution >= 0.6 is 0 Å². The molecular formula is C16H23N3O4S. The van der Waals surface area contributed by atoms with Crippen LogP contribution in [0.3, 0.4) is 0 Å². The molecule has 0 bridgehead atoms. The molecule has 1 aliphatic rings. The molecule has 1 saturated heterocycles. The van der Waals surface area contributed by atoms with E-state index >= 15 is 0 Å². The van der Waals surface area contributed by atoms with Crippen molar-refractivity contribution in [2.24, 2.45) is 11.5 Å². The molecule has 1 aromatic carbocycles. The van der Waals surface area contributed by atoms with Gasteiger partial charge in [-0.05, 0) is 38.3 Å². The van der Waals surface area contributed by atoms with Crippen molar-refractivity contribution in [3.63, 3.8) is 0 Å². The predicted octanol–water partition coefficient (Wildman–Crippen LogP) is 0.443. The number of sulfonamides is 1. The smallest absolute Gasteiger partial charge is 0.245 e. The maximum atomic E-state index is 12.7. The van der Waals surface area contributed by atoms with Gasteiger partial charge in [-0.3, -0.25) is 9.59 Å². The highest BCUT2D eigenvalue weighted by atomic mass is 32.2. The Hall–Kier alpha value is -1.93. The number of carbonyl (C=O) groups excluding carboxylic acids is 2. The van der Waals surface area contributed by atoms with Crippen molar-refractivity contribution in [3.8, 4) is 0 Å². The zero-order valence-electron chi connectivity index (χ0n) is 14.0. The average Bonchev–Trinajstić information content (AvgIpc) is 2.68. The second-order valence-corrected chi connectivity index (χ2v) is 8.99. The minimum absolute atomic E-state index is 0.0697. The van der Waals surface area contributed by atoms with Gasteiger partial charge in [0.25, 0.3) is 0 Å². The molecular weight excluding hydrogens is 330 g/mol. The van der Waals surface area contributed by atoms with E-state index < -0.39 is 38.7 Å². The van der Waals surface area contributed by atoms with Crippen LogP contribution in [0.4, 0.5) is 0 Å². The van der Waals surface area contributed by atoms with Crippen molar-refractivity contribution >= 4 is 21.8 Å². The summed E-state index contributed by atoms with van der Waals surface area (Å²) >= 11 is 0. The lowest BCUT2D eigenvalue weighted by Gasteiger charge is -2.30. The molecule has 2 atom stereocenters. The van der Waals surface area contributed by atoms with Gasteiger partial charge < -0.3 is 11.5 Å². The van der Waals surface area contributed by atoms with Gasteiger partial charge in [0.1, 0.15) is 5.25 Å². The van der Waals surface area contributed by atoms with Crippen LogP contribution in [-0.2, 0) is 26.0 Å².